The second-order valence-corrected chi connectivity index (χ2v) is 11.7. The van der Waals surface area contributed by atoms with E-state index in [1.807, 2.05) is 30.3 Å². The highest BCUT2D eigenvalue weighted by atomic mass is 35.5. The lowest BCUT2D eigenvalue weighted by atomic mass is 9.88. The first kappa shape index (κ1) is 25.3. The Kier molecular flexibility index (Phi) is 7.20. The molecule has 0 spiro atoms. The number of hydrogen-bond acceptors (Lipinski definition) is 5. The molecule has 0 aliphatic heterocycles. The maximum absolute atomic E-state index is 13.5. The summed E-state index contributed by atoms with van der Waals surface area (Å²) in [5, 5.41) is 0.458. The highest BCUT2D eigenvalue weighted by Gasteiger charge is 2.45. The molecule has 6 nitrogen and oxygen atoms in total. The van der Waals surface area contributed by atoms with Gasteiger partial charge in [0.15, 0.2) is 5.78 Å². The molecule has 0 saturated heterocycles. The number of ketones is 1. The molecule has 1 heterocycles. The Hall–Kier alpha value is -3.39. The fourth-order valence-electron chi connectivity index (χ4n) is 4.49. The van der Waals surface area contributed by atoms with E-state index in [-0.39, 0.29) is 29.2 Å². The topological polar surface area (TPSA) is 80.2 Å². The maximum atomic E-state index is 13.5. The minimum Gasteiger partial charge on any atom is -0.294 e. The lowest BCUT2D eigenvalue weighted by molar-refractivity contribution is 0.0970. The number of sulfonamides is 1. The molecule has 1 aliphatic carbocycles. The third-order valence-corrected chi connectivity index (χ3v) is 8.84. The van der Waals surface area contributed by atoms with Crippen LogP contribution in [0.2, 0.25) is 5.02 Å². The summed E-state index contributed by atoms with van der Waals surface area (Å²) in [5.74, 6) is 0.0955. The summed E-state index contributed by atoms with van der Waals surface area (Å²) < 4.78 is 28.4. The van der Waals surface area contributed by atoms with E-state index < -0.39 is 10.0 Å². The monoisotopic (exact) mass is 531 g/mol. The van der Waals surface area contributed by atoms with Crippen molar-refractivity contribution in [2.24, 2.45) is 0 Å². The predicted molar refractivity (Wildman–Crippen MR) is 143 cm³/mol. The minimum atomic E-state index is -3.85. The van der Waals surface area contributed by atoms with Crippen molar-refractivity contribution in [2.75, 3.05) is 0 Å². The summed E-state index contributed by atoms with van der Waals surface area (Å²) in [5.41, 5.74) is 3.08. The first-order valence-electron chi connectivity index (χ1n) is 12.0. The van der Waals surface area contributed by atoms with Crippen LogP contribution >= 0.6 is 11.6 Å². The highest BCUT2D eigenvalue weighted by Crippen LogP contribution is 2.51. The van der Waals surface area contributed by atoms with Gasteiger partial charge in [0.25, 0.3) is 0 Å². The van der Waals surface area contributed by atoms with Crippen molar-refractivity contribution in [3.8, 4) is 0 Å². The summed E-state index contributed by atoms with van der Waals surface area (Å²) in [6, 6.07) is 23.5. The summed E-state index contributed by atoms with van der Waals surface area (Å²) >= 11 is 5.97. The van der Waals surface area contributed by atoms with Crippen molar-refractivity contribution in [1.82, 2.24) is 14.3 Å². The molecular formula is C29H26ClN3O3S. The van der Waals surface area contributed by atoms with Crippen LogP contribution < -0.4 is 0 Å². The standard InChI is InChI=1S/C29H26ClN3O3S/c30-25-10-12-27(13-11-25)37(35,36)33(21-26-19-31-16-17-32-26)20-22-6-8-23(9-7-22)28(34)18-29(14-15-29)24-4-2-1-3-5-24/h1-13,16-17,19H,14-15,18,20-21H2. The van der Waals surface area contributed by atoms with Crippen LogP contribution in [0, 0.1) is 0 Å². The van der Waals surface area contributed by atoms with Crippen LogP contribution in [0.5, 0.6) is 0 Å². The number of aromatic nitrogens is 2. The molecule has 1 aromatic heterocycles. The number of carbonyl (C=O) groups is 1. The zero-order valence-corrected chi connectivity index (χ0v) is 21.7. The number of Topliss-reactive ketones (excluding diaryl/α,β-unsaturated/α-hetero) is 1. The van der Waals surface area contributed by atoms with E-state index in [4.69, 9.17) is 11.6 Å². The fraction of sp³-hybridized carbons (Fsp3) is 0.207. The van der Waals surface area contributed by atoms with Gasteiger partial charge in [0.2, 0.25) is 10.0 Å². The van der Waals surface area contributed by atoms with Crippen LogP contribution in [0.4, 0.5) is 0 Å². The first-order valence-corrected chi connectivity index (χ1v) is 13.9. The van der Waals surface area contributed by atoms with Gasteiger partial charge in [-0.05, 0) is 48.2 Å². The van der Waals surface area contributed by atoms with Crippen LogP contribution in [0.1, 0.15) is 46.4 Å². The number of hydrogen-bond donors (Lipinski definition) is 0. The SMILES string of the molecule is O=C(CC1(c2ccccc2)CC1)c1ccc(CN(Cc2cnccn2)S(=O)(=O)c2ccc(Cl)cc2)cc1. The summed E-state index contributed by atoms with van der Waals surface area (Å²) in [7, 11) is -3.85. The van der Waals surface area contributed by atoms with E-state index in [1.165, 1.54) is 28.2 Å². The normalized spacial score (nSPS) is 14.4. The zero-order chi connectivity index (χ0) is 25.9. The third kappa shape index (κ3) is 5.80. The van der Waals surface area contributed by atoms with Gasteiger partial charge in [-0.3, -0.25) is 14.8 Å². The average molecular weight is 532 g/mol. The summed E-state index contributed by atoms with van der Waals surface area (Å²) in [4.78, 5) is 21.5. The predicted octanol–water partition coefficient (Wildman–Crippen LogP) is 5.83. The Labute approximate surface area is 222 Å². The molecule has 37 heavy (non-hydrogen) atoms. The van der Waals surface area contributed by atoms with Gasteiger partial charge in [-0.15, -0.1) is 0 Å². The Morgan fingerprint density at radius 2 is 1.59 bits per heavy atom. The molecular weight excluding hydrogens is 506 g/mol. The van der Waals surface area contributed by atoms with Gasteiger partial charge in [0, 0.05) is 47.6 Å². The quantitative estimate of drug-likeness (QED) is 0.241. The third-order valence-electron chi connectivity index (χ3n) is 6.78. The van der Waals surface area contributed by atoms with Crippen LogP contribution in [0.25, 0.3) is 0 Å². The Morgan fingerprint density at radius 1 is 0.892 bits per heavy atom. The molecule has 0 amide bonds. The van der Waals surface area contributed by atoms with Crippen molar-refractivity contribution in [3.05, 3.63) is 125 Å². The van der Waals surface area contributed by atoms with Crippen molar-refractivity contribution < 1.29 is 13.2 Å². The van der Waals surface area contributed by atoms with E-state index in [0.717, 1.165) is 18.4 Å². The van der Waals surface area contributed by atoms with Crippen molar-refractivity contribution in [3.63, 3.8) is 0 Å². The minimum absolute atomic E-state index is 0.0546. The number of benzene rings is 3. The van der Waals surface area contributed by atoms with Crippen LogP contribution in [0.3, 0.4) is 0 Å². The Morgan fingerprint density at radius 3 is 2.22 bits per heavy atom. The van der Waals surface area contributed by atoms with E-state index in [1.54, 1.807) is 36.7 Å². The highest BCUT2D eigenvalue weighted by molar-refractivity contribution is 7.89. The first-order chi connectivity index (χ1) is 17.9. The molecule has 5 rings (SSSR count). The number of nitrogens with zero attached hydrogens (tertiary/aromatic N) is 3. The van der Waals surface area contributed by atoms with Gasteiger partial charge in [-0.25, -0.2) is 8.42 Å². The molecule has 0 unspecified atom stereocenters. The van der Waals surface area contributed by atoms with Gasteiger partial charge >= 0.3 is 0 Å². The molecule has 188 valence electrons. The van der Waals surface area contributed by atoms with E-state index in [0.29, 0.717) is 22.7 Å². The largest absolute Gasteiger partial charge is 0.294 e. The molecule has 1 aliphatic rings. The molecule has 0 atom stereocenters. The van der Waals surface area contributed by atoms with Crippen LogP contribution in [-0.2, 0) is 28.5 Å². The van der Waals surface area contributed by atoms with E-state index >= 15 is 0 Å². The zero-order valence-electron chi connectivity index (χ0n) is 20.1. The smallest absolute Gasteiger partial charge is 0.243 e. The second-order valence-electron chi connectivity index (χ2n) is 9.37. The molecule has 4 aromatic rings. The van der Waals surface area contributed by atoms with Gasteiger partial charge in [-0.1, -0.05) is 66.2 Å². The van der Waals surface area contributed by atoms with E-state index in [9.17, 15) is 13.2 Å². The van der Waals surface area contributed by atoms with Crippen LogP contribution in [0.15, 0.2) is 102 Å². The lowest BCUT2D eigenvalue weighted by Crippen LogP contribution is -2.30. The second kappa shape index (κ2) is 10.5. The van der Waals surface area contributed by atoms with Gasteiger partial charge in [0.1, 0.15) is 0 Å². The van der Waals surface area contributed by atoms with Crippen molar-refractivity contribution >= 4 is 27.4 Å². The molecule has 0 bridgehead atoms. The summed E-state index contributed by atoms with van der Waals surface area (Å²) in [6.45, 7) is 0.170. The summed E-state index contributed by atoms with van der Waals surface area (Å²) in [6.07, 6.45) is 7.12. The molecule has 0 radical (unpaired) electrons. The number of rotatable bonds is 10. The van der Waals surface area contributed by atoms with Crippen molar-refractivity contribution in [2.45, 2.75) is 42.7 Å². The van der Waals surface area contributed by atoms with E-state index in [2.05, 4.69) is 22.1 Å². The van der Waals surface area contributed by atoms with Gasteiger partial charge in [0.05, 0.1) is 17.1 Å². The molecule has 3 aromatic carbocycles. The van der Waals surface area contributed by atoms with Gasteiger partial charge in [-0.2, -0.15) is 4.31 Å². The Balaban J connectivity index is 1.34. The molecule has 0 N–H and O–H groups in total. The molecule has 1 saturated carbocycles. The van der Waals surface area contributed by atoms with Crippen LogP contribution in [-0.4, -0.2) is 28.5 Å². The van der Waals surface area contributed by atoms with Crippen molar-refractivity contribution in [1.29, 1.82) is 0 Å². The molecule has 8 heteroatoms. The fourth-order valence-corrected chi connectivity index (χ4v) is 6.02. The van der Waals surface area contributed by atoms with Gasteiger partial charge < -0.3 is 0 Å². The molecule has 1 fully saturated rings. The Bertz CT molecular complexity index is 1470. The maximum Gasteiger partial charge on any atom is 0.243 e. The number of carbonyl (C=O) groups excluding carboxylic acids is 1. The number of halogens is 1. The average Bonchev–Trinajstić information content (AvgIpc) is 3.70. The lowest BCUT2D eigenvalue weighted by Gasteiger charge is -2.22.